The molecule has 132 valence electrons. The third-order valence-corrected chi connectivity index (χ3v) is 5.25. The highest BCUT2D eigenvalue weighted by Crippen LogP contribution is 2.35. The Labute approximate surface area is 151 Å². The van der Waals surface area contributed by atoms with Crippen molar-refractivity contribution in [2.45, 2.75) is 67.2 Å². The zero-order valence-electron chi connectivity index (χ0n) is 16.6. The summed E-state index contributed by atoms with van der Waals surface area (Å²) in [4.78, 5) is 4.89. The van der Waals surface area contributed by atoms with Gasteiger partial charge < -0.3 is 0 Å². The van der Waals surface area contributed by atoms with Gasteiger partial charge in [0, 0.05) is 17.3 Å². The molecule has 0 amide bonds. The summed E-state index contributed by atoms with van der Waals surface area (Å²) in [6.07, 6.45) is 2.23. The smallest absolute Gasteiger partial charge is 0.163 e. The average molecular weight is 335 g/mol. The molecule has 0 aliphatic heterocycles. The number of aryl methyl sites for hydroxylation is 5. The van der Waals surface area contributed by atoms with Gasteiger partial charge in [-0.1, -0.05) is 31.5 Å². The lowest BCUT2D eigenvalue weighted by molar-refractivity contribution is 0.598. The third kappa shape index (κ3) is 2.97. The van der Waals surface area contributed by atoms with Gasteiger partial charge in [0.15, 0.2) is 5.65 Å². The second kappa shape index (κ2) is 6.62. The van der Waals surface area contributed by atoms with Crippen LogP contribution in [0.15, 0.2) is 18.2 Å². The molecule has 0 unspecified atom stereocenters. The maximum absolute atomic E-state index is 4.91. The van der Waals surface area contributed by atoms with Crippen LogP contribution in [0.1, 0.15) is 66.4 Å². The standard InChI is InChI=1S/C22H29N3/c1-8-18(9-2)19-12-16(6)23-22-21(17(7)24-25(19)22)20-14(4)10-13(3)11-15(20)5/h10-12,18H,8-9H2,1-7H3. The Bertz CT molecular complexity index is 907. The quantitative estimate of drug-likeness (QED) is 0.599. The molecule has 0 radical (unpaired) electrons. The molecule has 0 bridgehead atoms. The normalized spacial score (nSPS) is 11.7. The van der Waals surface area contributed by atoms with E-state index in [4.69, 9.17) is 10.1 Å². The van der Waals surface area contributed by atoms with Gasteiger partial charge in [-0.2, -0.15) is 5.10 Å². The van der Waals surface area contributed by atoms with E-state index in [-0.39, 0.29) is 0 Å². The highest BCUT2D eigenvalue weighted by atomic mass is 15.3. The second-order valence-corrected chi connectivity index (χ2v) is 7.31. The van der Waals surface area contributed by atoms with E-state index in [1.165, 1.54) is 33.5 Å². The van der Waals surface area contributed by atoms with Crippen LogP contribution < -0.4 is 0 Å². The fourth-order valence-corrected chi connectivity index (χ4v) is 4.14. The van der Waals surface area contributed by atoms with Crippen LogP contribution in [0.2, 0.25) is 0 Å². The van der Waals surface area contributed by atoms with Crippen molar-refractivity contribution in [3.63, 3.8) is 0 Å². The van der Waals surface area contributed by atoms with Crippen molar-refractivity contribution >= 4 is 5.65 Å². The lowest BCUT2D eigenvalue weighted by Crippen LogP contribution is -2.07. The monoisotopic (exact) mass is 335 g/mol. The van der Waals surface area contributed by atoms with Gasteiger partial charge >= 0.3 is 0 Å². The highest BCUT2D eigenvalue weighted by molar-refractivity contribution is 5.84. The second-order valence-electron chi connectivity index (χ2n) is 7.31. The summed E-state index contributed by atoms with van der Waals surface area (Å²) < 4.78 is 2.09. The Morgan fingerprint density at radius 2 is 1.48 bits per heavy atom. The number of fused-ring (bicyclic) bond motifs is 1. The summed E-state index contributed by atoms with van der Waals surface area (Å²) in [6, 6.07) is 6.71. The summed E-state index contributed by atoms with van der Waals surface area (Å²) in [5.74, 6) is 0.511. The molecule has 0 atom stereocenters. The fourth-order valence-electron chi connectivity index (χ4n) is 4.14. The van der Waals surface area contributed by atoms with Crippen molar-refractivity contribution < 1.29 is 0 Å². The molecule has 0 spiro atoms. The van der Waals surface area contributed by atoms with Crippen LogP contribution in [-0.2, 0) is 0 Å². The Kier molecular flexibility index (Phi) is 4.68. The Balaban J connectivity index is 2.37. The van der Waals surface area contributed by atoms with Crippen molar-refractivity contribution in [2.75, 3.05) is 0 Å². The van der Waals surface area contributed by atoms with Gasteiger partial charge in [-0.25, -0.2) is 9.50 Å². The minimum absolute atomic E-state index is 0.511. The van der Waals surface area contributed by atoms with Gasteiger partial charge in [0.2, 0.25) is 0 Å². The molecule has 3 nitrogen and oxygen atoms in total. The lowest BCUT2D eigenvalue weighted by atomic mass is 9.93. The molecule has 0 aliphatic rings. The van der Waals surface area contributed by atoms with Gasteiger partial charge in [0.05, 0.1) is 11.3 Å². The van der Waals surface area contributed by atoms with Crippen molar-refractivity contribution in [3.05, 3.63) is 52.0 Å². The number of hydrogen-bond donors (Lipinski definition) is 0. The summed E-state index contributed by atoms with van der Waals surface area (Å²) in [5, 5.41) is 4.91. The largest absolute Gasteiger partial charge is 0.233 e. The first kappa shape index (κ1) is 17.7. The SMILES string of the molecule is CCC(CC)c1cc(C)nc2c(-c3c(C)cc(C)cc3C)c(C)nn12. The molecule has 0 saturated heterocycles. The van der Waals surface area contributed by atoms with Gasteiger partial charge in [0.1, 0.15) is 0 Å². The summed E-state index contributed by atoms with van der Waals surface area (Å²) in [6.45, 7) is 15.2. The van der Waals surface area contributed by atoms with E-state index in [0.717, 1.165) is 29.9 Å². The number of hydrogen-bond acceptors (Lipinski definition) is 2. The van der Waals surface area contributed by atoms with E-state index in [1.807, 2.05) is 0 Å². The van der Waals surface area contributed by atoms with Crippen molar-refractivity contribution in [3.8, 4) is 11.1 Å². The zero-order chi connectivity index (χ0) is 18.3. The van der Waals surface area contributed by atoms with Crippen LogP contribution in [0.4, 0.5) is 0 Å². The maximum atomic E-state index is 4.91. The van der Waals surface area contributed by atoms with Crippen LogP contribution in [0, 0.1) is 34.6 Å². The summed E-state index contributed by atoms with van der Waals surface area (Å²) in [5.41, 5.74) is 10.8. The summed E-state index contributed by atoms with van der Waals surface area (Å²) in [7, 11) is 0. The van der Waals surface area contributed by atoms with Gasteiger partial charge in [-0.15, -0.1) is 0 Å². The molecule has 25 heavy (non-hydrogen) atoms. The predicted molar refractivity (Wildman–Crippen MR) is 105 cm³/mol. The van der Waals surface area contributed by atoms with Crippen molar-refractivity contribution in [2.24, 2.45) is 0 Å². The van der Waals surface area contributed by atoms with Crippen molar-refractivity contribution in [1.29, 1.82) is 0 Å². The average Bonchev–Trinajstić information content (AvgIpc) is 2.84. The molecule has 0 saturated carbocycles. The van der Waals surface area contributed by atoms with E-state index in [1.54, 1.807) is 0 Å². The number of benzene rings is 1. The molecule has 0 fully saturated rings. The Morgan fingerprint density at radius 3 is 2.04 bits per heavy atom. The molecule has 3 heteroatoms. The van der Waals surface area contributed by atoms with Crippen LogP contribution in [0.5, 0.6) is 0 Å². The van der Waals surface area contributed by atoms with E-state index >= 15 is 0 Å². The molecule has 0 aliphatic carbocycles. The molecule has 1 aromatic carbocycles. The van der Waals surface area contributed by atoms with Gasteiger partial charge in [-0.05, 0) is 70.2 Å². The van der Waals surface area contributed by atoms with Gasteiger partial charge in [-0.3, -0.25) is 0 Å². The first-order valence-corrected chi connectivity index (χ1v) is 9.32. The Morgan fingerprint density at radius 1 is 0.880 bits per heavy atom. The molecule has 2 heterocycles. The van der Waals surface area contributed by atoms with Crippen LogP contribution >= 0.6 is 0 Å². The molecule has 0 N–H and O–H groups in total. The minimum Gasteiger partial charge on any atom is -0.233 e. The predicted octanol–water partition coefficient (Wildman–Crippen LogP) is 5.84. The van der Waals surface area contributed by atoms with Crippen molar-refractivity contribution in [1.82, 2.24) is 14.6 Å². The first-order valence-electron chi connectivity index (χ1n) is 9.32. The number of aromatic nitrogens is 3. The van der Waals surface area contributed by atoms with E-state index < -0.39 is 0 Å². The molecule has 2 aromatic heterocycles. The summed E-state index contributed by atoms with van der Waals surface area (Å²) >= 11 is 0. The van der Waals surface area contributed by atoms with E-state index in [2.05, 4.69) is 71.2 Å². The van der Waals surface area contributed by atoms with Crippen LogP contribution in [0.25, 0.3) is 16.8 Å². The third-order valence-electron chi connectivity index (χ3n) is 5.25. The van der Waals surface area contributed by atoms with E-state index in [9.17, 15) is 0 Å². The molecular weight excluding hydrogens is 306 g/mol. The zero-order valence-corrected chi connectivity index (χ0v) is 16.6. The van der Waals surface area contributed by atoms with Crippen LogP contribution in [-0.4, -0.2) is 14.6 Å². The molecule has 3 aromatic rings. The highest BCUT2D eigenvalue weighted by Gasteiger charge is 2.21. The van der Waals surface area contributed by atoms with Crippen LogP contribution in [0.3, 0.4) is 0 Å². The Hall–Kier alpha value is -2.16. The number of nitrogens with zero attached hydrogens (tertiary/aromatic N) is 3. The molecular formula is C22H29N3. The number of rotatable bonds is 4. The maximum Gasteiger partial charge on any atom is 0.163 e. The molecule has 3 rings (SSSR count). The van der Waals surface area contributed by atoms with E-state index in [0.29, 0.717) is 5.92 Å². The fraction of sp³-hybridized carbons (Fsp3) is 0.455. The minimum atomic E-state index is 0.511. The topological polar surface area (TPSA) is 30.2 Å². The first-order chi connectivity index (χ1) is 11.9. The van der Waals surface area contributed by atoms with Gasteiger partial charge in [0.25, 0.3) is 0 Å². The lowest BCUT2D eigenvalue weighted by Gasteiger charge is -2.16.